The molecule has 0 spiro atoms. The minimum absolute atomic E-state index is 0.105. The van der Waals surface area contributed by atoms with E-state index < -0.39 is 0 Å². The molecule has 27 heavy (non-hydrogen) atoms. The van der Waals surface area contributed by atoms with Crippen molar-refractivity contribution < 1.29 is 28.5 Å². The molecule has 0 unspecified atom stereocenters. The van der Waals surface area contributed by atoms with Crippen LogP contribution in [-0.2, 0) is 11.3 Å². The first kappa shape index (κ1) is 20.2. The van der Waals surface area contributed by atoms with Crippen LogP contribution < -0.4 is 23.7 Å². The molecule has 0 atom stereocenters. The second kappa shape index (κ2) is 9.56. The van der Waals surface area contributed by atoms with Gasteiger partial charge in [-0.15, -0.1) is 0 Å². The van der Waals surface area contributed by atoms with Crippen molar-refractivity contribution in [3.05, 3.63) is 42.0 Å². The first-order valence-electron chi connectivity index (χ1n) is 8.33. The molecule has 146 valence electrons. The molecule has 0 aromatic heterocycles. The van der Waals surface area contributed by atoms with E-state index in [1.807, 2.05) is 18.2 Å². The van der Waals surface area contributed by atoms with Crippen molar-refractivity contribution in [1.29, 1.82) is 0 Å². The van der Waals surface area contributed by atoms with Crippen LogP contribution in [0.3, 0.4) is 0 Å². The van der Waals surface area contributed by atoms with E-state index in [0.29, 0.717) is 35.3 Å². The minimum Gasteiger partial charge on any atom is -0.493 e. The summed E-state index contributed by atoms with van der Waals surface area (Å²) in [5.41, 5.74) is 0.795. The lowest BCUT2D eigenvalue weighted by atomic mass is 10.1. The number of carbonyl (C=O) groups is 1. The maximum absolute atomic E-state index is 12.5. The Balaban J connectivity index is 2.08. The number of hydrogen-bond acceptors (Lipinski definition) is 6. The fourth-order valence-corrected chi connectivity index (χ4v) is 2.62. The zero-order valence-corrected chi connectivity index (χ0v) is 16.3. The molecule has 0 saturated heterocycles. The number of rotatable bonds is 9. The van der Waals surface area contributed by atoms with Gasteiger partial charge >= 0.3 is 0 Å². The van der Waals surface area contributed by atoms with Crippen molar-refractivity contribution in [2.45, 2.75) is 6.54 Å². The molecule has 7 nitrogen and oxygen atoms in total. The fraction of sp³-hybridized carbons (Fsp3) is 0.350. The molecule has 0 saturated carbocycles. The lowest BCUT2D eigenvalue weighted by molar-refractivity contribution is -0.132. The molecule has 1 amide bonds. The smallest absolute Gasteiger partial charge is 0.260 e. The molecule has 0 radical (unpaired) electrons. The Morgan fingerprint density at radius 1 is 0.815 bits per heavy atom. The van der Waals surface area contributed by atoms with Gasteiger partial charge in [0.15, 0.2) is 29.6 Å². The highest BCUT2D eigenvalue weighted by atomic mass is 16.5. The summed E-state index contributed by atoms with van der Waals surface area (Å²) in [6.45, 7) is 0.226. The van der Waals surface area contributed by atoms with E-state index in [9.17, 15) is 4.79 Å². The van der Waals surface area contributed by atoms with Crippen molar-refractivity contribution in [2.75, 3.05) is 42.1 Å². The highest BCUT2D eigenvalue weighted by Gasteiger charge is 2.19. The number of likely N-dealkylation sites (N-methyl/N-ethyl adjacent to an activating group) is 1. The van der Waals surface area contributed by atoms with Gasteiger partial charge in [0.1, 0.15) is 0 Å². The number of amides is 1. The maximum atomic E-state index is 12.5. The predicted octanol–water partition coefficient (Wildman–Crippen LogP) is 2.76. The van der Waals surface area contributed by atoms with E-state index in [-0.39, 0.29) is 12.5 Å². The fourth-order valence-electron chi connectivity index (χ4n) is 2.62. The van der Waals surface area contributed by atoms with Crippen LogP contribution in [-0.4, -0.2) is 52.9 Å². The van der Waals surface area contributed by atoms with Crippen LogP contribution in [0.1, 0.15) is 5.56 Å². The number of para-hydroxylation sites is 2. The van der Waals surface area contributed by atoms with Crippen LogP contribution >= 0.6 is 0 Å². The number of methoxy groups -OCH3 is 4. The van der Waals surface area contributed by atoms with Crippen molar-refractivity contribution in [2.24, 2.45) is 0 Å². The summed E-state index contributed by atoms with van der Waals surface area (Å²) >= 11 is 0. The molecule has 0 aliphatic rings. The Morgan fingerprint density at radius 2 is 1.44 bits per heavy atom. The monoisotopic (exact) mass is 375 g/mol. The summed E-state index contributed by atoms with van der Waals surface area (Å²) in [5.74, 6) is 2.50. The third kappa shape index (κ3) is 4.75. The highest BCUT2D eigenvalue weighted by Crippen LogP contribution is 2.40. The Labute approximate surface area is 159 Å². The number of benzene rings is 2. The second-order valence-corrected chi connectivity index (χ2v) is 5.68. The van der Waals surface area contributed by atoms with Gasteiger partial charge in [-0.25, -0.2) is 0 Å². The van der Waals surface area contributed by atoms with Gasteiger partial charge in [-0.3, -0.25) is 4.79 Å². The summed E-state index contributed by atoms with van der Waals surface area (Å²) in [4.78, 5) is 14.0. The zero-order chi connectivity index (χ0) is 19.8. The first-order valence-corrected chi connectivity index (χ1v) is 8.33. The molecular formula is C20H25NO6. The van der Waals surface area contributed by atoms with E-state index >= 15 is 0 Å². The van der Waals surface area contributed by atoms with Crippen molar-refractivity contribution in [3.63, 3.8) is 0 Å². The molecule has 0 N–H and O–H groups in total. The molecule has 0 aliphatic heterocycles. The van der Waals surface area contributed by atoms with E-state index in [1.54, 1.807) is 58.6 Å². The van der Waals surface area contributed by atoms with Crippen LogP contribution in [0.15, 0.2) is 36.4 Å². The third-order valence-corrected chi connectivity index (χ3v) is 4.04. The first-order chi connectivity index (χ1) is 13.0. The number of ether oxygens (including phenoxy) is 5. The van der Waals surface area contributed by atoms with Gasteiger partial charge in [0.2, 0.25) is 5.75 Å². The molecule has 2 rings (SSSR count). The van der Waals surface area contributed by atoms with E-state index in [2.05, 4.69) is 0 Å². The van der Waals surface area contributed by atoms with Crippen molar-refractivity contribution in [3.8, 4) is 28.7 Å². The third-order valence-electron chi connectivity index (χ3n) is 4.04. The van der Waals surface area contributed by atoms with Crippen LogP contribution in [0, 0.1) is 0 Å². The minimum atomic E-state index is -0.183. The standard InChI is InChI=1S/C20H25NO6/c1-21(18(22)13-27-16-9-7-6-8-15(16)23-2)12-14-10-11-17(24-3)20(26-5)19(14)25-4/h6-11H,12-13H2,1-5H3. The van der Waals surface area contributed by atoms with E-state index in [1.165, 1.54) is 0 Å². The molecular weight excluding hydrogens is 350 g/mol. The highest BCUT2D eigenvalue weighted by molar-refractivity contribution is 5.77. The maximum Gasteiger partial charge on any atom is 0.260 e. The summed E-state index contributed by atoms with van der Waals surface area (Å²) in [7, 11) is 7.90. The van der Waals surface area contributed by atoms with Crippen LogP contribution in [0.5, 0.6) is 28.7 Å². The second-order valence-electron chi connectivity index (χ2n) is 5.68. The Morgan fingerprint density at radius 3 is 2.04 bits per heavy atom. The molecule has 2 aromatic carbocycles. The van der Waals surface area contributed by atoms with Gasteiger partial charge in [0.25, 0.3) is 5.91 Å². The van der Waals surface area contributed by atoms with Crippen LogP contribution in [0.25, 0.3) is 0 Å². The Hall–Kier alpha value is -3.09. The molecule has 2 aromatic rings. The summed E-state index contributed by atoms with van der Waals surface area (Å²) < 4.78 is 26.9. The van der Waals surface area contributed by atoms with Crippen molar-refractivity contribution >= 4 is 5.91 Å². The van der Waals surface area contributed by atoms with Gasteiger partial charge in [-0.05, 0) is 24.3 Å². The quantitative estimate of drug-likeness (QED) is 0.671. The van der Waals surface area contributed by atoms with Crippen LogP contribution in [0.4, 0.5) is 0 Å². The lowest BCUT2D eigenvalue weighted by Crippen LogP contribution is -2.31. The van der Waals surface area contributed by atoms with Gasteiger partial charge in [0.05, 0.1) is 28.4 Å². The number of nitrogens with zero attached hydrogens (tertiary/aromatic N) is 1. The Bertz CT molecular complexity index is 777. The average molecular weight is 375 g/mol. The van der Waals surface area contributed by atoms with Crippen molar-refractivity contribution in [1.82, 2.24) is 4.90 Å². The number of carbonyl (C=O) groups excluding carboxylic acids is 1. The van der Waals surface area contributed by atoms with Gasteiger partial charge in [-0.2, -0.15) is 0 Å². The molecule has 0 heterocycles. The lowest BCUT2D eigenvalue weighted by Gasteiger charge is -2.21. The summed E-state index contributed by atoms with van der Waals surface area (Å²) in [5, 5.41) is 0. The molecule has 0 fully saturated rings. The molecule has 7 heteroatoms. The van der Waals surface area contributed by atoms with E-state index in [0.717, 1.165) is 5.56 Å². The van der Waals surface area contributed by atoms with E-state index in [4.69, 9.17) is 23.7 Å². The largest absolute Gasteiger partial charge is 0.493 e. The topological polar surface area (TPSA) is 66.5 Å². The predicted molar refractivity (Wildman–Crippen MR) is 101 cm³/mol. The average Bonchev–Trinajstić information content (AvgIpc) is 2.71. The summed E-state index contributed by atoms with van der Waals surface area (Å²) in [6.07, 6.45) is 0. The summed E-state index contributed by atoms with van der Waals surface area (Å²) in [6, 6.07) is 10.8. The Kier molecular flexibility index (Phi) is 7.16. The zero-order valence-electron chi connectivity index (χ0n) is 16.3. The normalized spacial score (nSPS) is 10.1. The molecule has 0 bridgehead atoms. The van der Waals surface area contributed by atoms with Gasteiger partial charge in [0, 0.05) is 19.2 Å². The van der Waals surface area contributed by atoms with Crippen LogP contribution in [0.2, 0.25) is 0 Å². The number of hydrogen-bond donors (Lipinski definition) is 0. The van der Waals surface area contributed by atoms with Gasteiger partial charge < -0.3 is 28.6 Å². The van der Waals surface area contributed by atoms with Gasteiger partial charge in [-0.1, -0.05) is 12.1 Å². The molecule has 0 aliphatic carbocycles. The SMILES string of the molecule is COc1ccccc1OCC(=O)N(C)Cc1ccc(OC)c(OC)c1OC.